The van der Waals surface area contributed by atoms with E-state index in [9.17, 15) is 0 Å². The fourth-order valence-corrected chi connectivity index (χ4v) is 2.07. The van der Waals surface area contributed by atoms with E-state index < -0.39 is 0 Å². The van der Waals surface area contributed by atoms with Crippen LogP contribution in [0.5, 0.6) is 0 Å². The molecule has 0 aliphatic heterocycles. The van der Waals surface area contributed by atoms with Crippen molar-refractivity contribution in [3.8, 4) is 0 Å². The van der Waals surface area contributed by atoms with E-state index in [4.69, 9.17) is 5.73 Å². The maximum Gasteiger partial charge on any atom is 0.144 e. The Morgan fingerprint density at radius 3 is 3.00 bits per heavy atom. The highest BCUT2D eigenvalue weighted by Crippen LogP contribution is 2.25. The van der Waals surface area contributed by atoms with Crippen LogP contribution in [0, 0.1) is 0 Å². The molecule has 0 amide bonds. The highest BCUT2D eigenvalue weighted by atomic mass is 79.9. The van der Waals surface area contributed by atoms with E-state index >= 15 is 0 Å². The molecule has 72 valence electrons. The zero-order valence-corrected chi connectivity index (χ0v) is 9.60. The lowest BCUT2D eigenvalue weighted by atomic mass is 10.4. The van der Waals surface area contributed by atoms with Crippen molar-refractivity contribution < 1.29 is 0 Å². The average molecular weight is 270 g/mol. The fourth-order valence-electron chi connectivity index (χ4n) is 1.02. The summed E-state index contributed by atoms with van der Waals surface area (Å²) in [6, 6.07) is 3.82. The normalized spacial score (nSPS) is 10.1. The van der Waals surface area contributed by atoms with Gasteiger partial charge in [0.25, 0.3) is 0 Å². The van der Waals surface area contributed by atoms with Crippen molar-refractivity contribution in [3.05, 3.63) is 33.6 Å². The molecule has 0 fully saturated rings. The minimum atomic E-state index is 0.646. The molecule has 0 radical (unpaired) electrons. The molecule has 0 aliphatic carbocycles. The zero-order valence-electron chi connectivity index (χ0n) is 7.20. The van der Waals surface area contributed by atoms with Crippen LogP contribution in [-0.2, 0) is 0 Å². The minimum Gasteiger partial charge on any atom is -0.397 e. The van der Waals surface area contributed by atoms with Crippen molar-refractivity contribution in [2.45, 2.75) is 0 Å². The number of thiophene rings is 1. The van der Waals surface area contributed by atoms with Crippen LogP contribution in [0.25, 0.3) is 0 Å². The molecule has 3 nitrogen and oxygen atoms in total. The number of hydrogen-bond acceptors (Lipinski definition) is 4. The van der Waals surface area contributed by atoms with Gasteiger partial charge in [0.2, 0.25) is 0 Å². The Bertz CT molecular complexity index is 428. The quantitative estimate of drug-likeness (QED) is 0.880. The molecule has 0 spiro atoms. The van der Waals surface area contributed by atoms with Gasteiger partial charge in [-0.15, -0.1) is 0 Å². The predicted molar refractivity (Wildman–Crippen MR) is 64.0 cm³/mol. The van der Waals surface area contributed by atoms with E-state index in [0.29, 0.717) is 5.69 Å². The van der Waals surface area contributed by atoms with Crippen molar-refractivity contribution in [1.29, 1.82) is 0 Å². The number of nitrogens with two attached hydrogens (primary N) is 1. The van der Waals surface area contributed by atoms with Gasteiger partial charge in [-0.25, -0.2) is 4.98 Å². The molecule has 0 saturated carbocycles. The lowest BCUT2D eigenvalue weighted by Gasteiger charge is -2.05. The molecule has 0 atom stereocenters. The molecule has 0 bridgehead atoms. The second-order valence-electron chi connectivity index (χ2n) is 2.74. The lowest BCUT2D eigenvalue weighted by molar-refractivity contribution is 1.30. The van der Waals surface area contributed by atoms with Gasteiger partial charge in [-0.1, -0.05) is 0 Å². The Morgan fingerprint density at radius 1 is 1.50 bits per heavy atom. The molecule has 14 heavy (non-hydrogen) atoms. The van der Waals surface area contributed by atoms with Gasteiger partial charge in [0.15, 0.2) is 0 Å². The van der Waals surface area contributed by atoms with Gasteiger partial charge in [0.05, 0.1) is 22.0 Å². The highest BCUT2D eigenvalue weighted by Gasteiger charge is 2.02. The summed E-state index contributed by atoms with van der Waals surface area (Å²) in [6.45, 7) is 0. The molecule has 2 heterocycles. The first-order chi connectivity index (χ1) is 6.75. The van der Waals surface area contributed by atoms with Crippen LogP contribution >= 0.6 is 27.3 Å². The van der Waals surface area contributed by atoms with Crippen LogP contribution in [-0.4, -0.2) is 4.98 Å². The summed E-state index contributed by atoms with van der Waals surface area (Å²) in [7, 11) is 0. The molecule has 0 aromatic carbocycles. The maximum absolute atomic E-state index is 5.58. The number of pyridine rings is 1. The van der Waals surface area contributed by atoms with E-state index in [1.807, 2.05) is 22.9 Å². The van der Waals surface area contributed by atoms with Crippen molar-refractivity contribution in [2.24, 2.45) is 0 Å². The van der Waals surface area contributed by atoms with Gasteiger partial charge in [0.1, 0.15) is 5.82 Å². The van der Waals surface area contributed by atoms with E-state index in [1.165, 1.54) is 0 Å². The zero-order chi connectivity index (χ0) is 9.97. The Labute approximate surface area is 94.1 Å². The summed E-state index contributed by atoms with van der Waals surface area (Å²) in [5.74, 6) is 0.776. The molecule has 3 N–H and O–H groups in total. The summed E-state index contributed by atoms with van der Waals surface area (Å²) in [5.41, 5.74) is 7.26. The topological polar surface area (TPSA) is 50.9 Å². The summed E-state index contributed by atoms with van der Waals surface area (Å²) < 4.78 is 0.865. The number of halogens is 1. The standard InChI is InChI=1S/C9H8BrN3S/c10-8-3-6(11)4-12-9(8)13-7-1-2-14-5-7/h1-5H,11H2,(H,12,13). The summed E-state index contributed by atoms with van der Waals surface area (Å²) >= 11 is 5.03. The fraction of sp³-hybridized carbons (Fsp3) is 0. The molecule has 5 heteroatoms. The number of anilines is 3. The largest absolute Gasteiger partial charge is 0.397 e. The molecule has 0 saturated heterocycles. The summed E-state index contributed by atoms with van der Waals surface area (Å²) in [5, 5.41) is 7.20. The van der Waals surface area contributed by atoms with Crippen LogP contribution < -0.4 is 11.1 Å². The van der Waals surface area contributed by atoms with Gasteiger partial charge in [0, 0.05) is 5.38 Å². The summed E-state index contributed by atoms with van der Waals surface area (Å²) in [4.78, 5) is 4.17. The van der Waals surface area contributed by atoms with Gasteiger partial charge in [-0.3, -0.25) is 0 Å². The average Bonchev–Trinajstić information content (AvgIpc) is 2.62. The van der Waals surface area contributed by atoms with Gasteiger partial charge < -0.3 is 11.1 Å². The molecule has 2 aromatic heterocycles. The van der Waals surface area contributed by atoms with E-state index in [-0.39, 0.29) is 0 Å². The van der Waals surface area contributed by atoms with Crippen molar-refractivity contribution in [2.75, 3.05) is 11.1 Å². The third kappa shape index (κ3) is 2.05. The number of aromatic nitrogens is 1. The second kappa shape index (κ2) is 3.98. The SMILES string of the molecule is Nc1cnc(Nc2ccsc2)c(Br)c1. The second-order valence-corrected chi connectivity index (χ2v) is 4.37. The highest BCUT2D eigenvalue weighted by molar-refractivity contribution is 9.10. The van der Waals surface area contributed by atoms with E-state index in [2.05, 4.69) is 26.2 Å². The van der Waals surface area contributed by atoms with Crippen LogP contribution in [0.4, 0.5) is 17.2 Å². The van der Waals surface area contributed by atoms with Crippen molar-refractivity contribution in [3.63, 3.8) is 0 Å². The minimum absolute atomic E-state index is 0.646. The third-order valence-corrected chi connectivity index (χ3v) is 2.93. The molecule has 0 unspecified atom stereocenters. The molecule has 2 aromatic rings. The van der Waals surface area contributed by atoms with Crippen LogP contribution in [0.3, 0.4) is 0 Å². The molecular formula is C9H8BrN3S. The summed E-state index contributed by atoms with van der Waals surface area (Å²) in [6.07, 6.45) is 1.62. The van der Waals surface area contributed by atoms with Crippen LogP contribution in [0.1, 0.15) is 0 Å². The molecule has 0 aliphatic rings. The van der Waals surface area contributed by atoms with Gasteiger partial charge in [-0.2, -0.15) is 11.3 Å². The number of nitrogens with one attached hydrogen (secondary N) is 1. The van der Waals surface area contributed by atoms with E-state index in [0.717, 1.165) is 16.0 Å². The number of nitrogen functional groups attached to an aromatic ring is 1. The smallest absolute Gasteiger partial charge is 0.144 e. The monoisotopic (exact) mass is 269 g/mol. The van der Waals surface area contributed by atoms with Crippen LogP contribution in [0.2, 0.25) is 0 Å². The van der Waals surface area contributed by atoms with Crippen molar-refractivity contribution >= 4 is 44.5 Å². The van der Waals surface area contributed by atoms with Crippen molar-refractivity contribution in [1.82, 2.24) is 4.98 Å². The lowest BCUT2D eigenvalue weighted by Crippen LogP contribution is -1.95. The molecular weight excluding hydrogens is 262 g/mol. The number of hydrogen-bond donors (Lipinski definition) is 2. The van der Waals surface area contributed by atoms with E-state index in [1.54, 1.807) is 17.5 Å². The van der Waals surface area contributed by atoms with Gasteiger partial charge >= 0.3 is 0 Å². The first kappa shape index (κ1) is 9.48. The first-order valence-corrected chi connectivity index (χ1v) is 5.69. The third-order valence-electron chi connectivity index (χ3n) is 1.65. The predicted octanol–water partition coefficient (Wildman–Crippen LogP) is 3.23. The Balaban J connectivity index is 2.25. The number of rotatable bonds is 2. The maximum atomic E-state index is 5.58. The van der Waals surface area contributed by atoms with Crippen LogP contribution in [0.15, 0.2) is 33.6 Å². The Hall–Kier alpha value is -1.07. The Morgan fingerprint density at radius 2 is 2.36 bits per heavy atom. The Kier molecular flexibility index (Phi) is 2.69. The van der Waals surface area contributed by atoms with Gasteiger partial charge in [-0.05, 0) is 33.4 Å². The number of nitrogens with zero attached hydrogens (tertiary/aromatic N) is 1. The molecule has 2 rings (SSSR count). The first-order valence-electron chi connectivity index (χ1n) is 3.96.